The van der Waals surface area contributed by atoms with Crippen molar-refractivity contribution in [3.63, 3.8) is 0 Å². The molecular weight excluding hydrogens is 339 g/mol. The summed E-state index contributed by atoms with van der Waals surface area (Å²) in [6.45, 7) is 0.770. The topological polar surface area (TPSA) is 59.6 Å². The zero-order chi connectivity index (χ0) is 16.2. The lowest BCUT2D eigenvalue weighted by Crippen LogP contribution is -2.29. The number of carbonyl (C=O) groups excluding carboxylic acids is 1. The van der Waals surface area contributed by atoms with Crippen molar-refractivity contribution in [2.24, 2.45) is 0 Å². The molecular formula is C16H14Cl2N2O3. The number of benzene rings is 2. The van der Waals surface area contributed by atoms with Crippen molar-refractivity contribution in [3.8, 4) is 11.5 Å². The Balaban J connectivity index is 1.49. The quantitative estimate of drug-likeness (QED) is 0.865. The summed E-state index contributed by atoms with van der Waals surface area (Å²) in [6.07, 6.45) is 0. The average molecular weight is 353 g/mol. The van der Waals surface area contributed by atoms with E-state index in [9.17, 15) is 4.79 Å². The molecule has 0 unspecified atom stereocenters. The summed E-state index contributed by atoms with van der Waals surface area (Å²) in [5, 5.41) is 6.83. The summed E-state index contributed by atoms with van der Waals surface area (Å²) < 4.78 is 10.5. The maximum Gasteiger partial charge on any atom is 0.239 e. The van der Waals surface area contributed by atoms with E-state index < -0.39 is 0 Å². The summed E-state index contributed by atoms with van der Waals surface area (Å²) >= 11 is 11.8. The molecule has 1 aliphatic rings. The highest BCUT2D eigenvalue weighted by molar-refractivity contribution is 6.35. The van der Waals surface area contributed by atoms with E-state index in [1.807, 2.05) is 18.2 Å². The van der Waals surface area contributed by atoms with Gasteiger partial charge in [-0.3, -0.25) is 4.79 Å². The van der Waals surface area contributed by atoms with Gasteiger partial charge < -0.3 is 20.1 Å². The summed E-state index contributed by atoms with van der Waals surface area (Å²) in [4.78, 5) is 11.9. The summed E-state index contributed by atoms with van der Waals surface area (Å²) in [5.41, 5.74) is 1.63. The van der Waals surface area contributed by atoms with Crippen LogP contribution in [0.4, 0.5) is 5.69 Å². The van der Waals surface area contributed by atoms with Gasteiger partial charge in [0.25, 0.3) is 0 Å². The first kappa shape index (κ1) is 15.8. The first-order valence-electron chi connectivity index (χ1n) is 6.95. The van der Waals surface area contributed by atoms with E-state index in [1.165, 1.54) is 0 Å². The van der Waals surface area contributed by atoms with Gasteiger partial charge in [0.05, 0.1) is 6.54 Å². The van der Waals surface area contributed by atoms with E-state index >= 15 is 0 Å². The number of carbonyl (C=O) groups is 1. The number of hydrogen-bond donors (Lipinski definition) is 2. The van der Waals surface area contributed by atoms with Gasteiger partial charge in [0, 0.05) is 22.3 Å². The van der Waals surface area contributed by atoms with E-state index in [1.54, 1.807) is 18.2 Å². The third-order valence-electron chi connectivity index (χ3n) is 3.24. The molecule has 5 nitrogen and oxygen atoms in total. The lowest BCUT2D eigenvalue weighted by Gasteiger charge is -2.09. The molecule has 1 heterocycles. The number of hydrogen-bond acceptors (Lipinski definition) is 4. The van der Waals surface area contributed by atoms with Gasteiger partial charge in [0.15, 0.2) is 11.5 Å². The first-order valence-corrected chi connectivity index (χ1v) is 7.71. The number of fused-ring (bicyclic) bond motifs is 1. The molecule has 1 aliphatic heterocycles. The Morgan fingerprint density at radius 2 is 1.78 bits per heavy atom. The van der Waals surface area contributed by atoms with Gasteiger partial charge in [-0.2, -0.15) is 0 Å². The van der Waals surface area contributed by atoms with Crippen LogP contribution >= 0.6 is 23.2 Å². The predicted molar refractivity (Wildman–Crippen MR) is 89.4 cm³/mol. The van der Waals surface area contributed by atoms with Crippen molar-refractivity contribution in [2.45, 2.75) is 6.54 Å². The van der Waals surface area contributed by atoms with Crippen LogP contribution in [-0.4, -0.2) is 19.2 Å². The van der Waals surface area contributed by atoms with Crippen molar-refractivity contribution < 1.29 is 14.3 Å². The van der Waals surface area contributed by atoms with Crippen LogP contribution in [0.1, 0.15) is 5.56 Å². The van der Waals surface area contributed by atoms with Crippen molar-refractivity contribution >= 4 is 34.8 Å². The Kier molecular flexibility index (Phi) is 4.79. The second-order valence-electron chi connectivity index (χ2n) is 4.98. The summed E-state index contributed by atoms with van der Waals surface area (Å²) in [7, 11) is 0. The molecule has 0 radical (unpaired) electrons. The van der Waals surface area contributed by atoms with Gasteiger partial charge in [-0.15, -0.1) is 0 Å². The number of rotatable bonds is 5. The van der Waals surface area contributed by atoms with Gasteiger partial charge in [-0.1, -0.05) is 29.3 Å². The molecule has 2 aromatic rings. The van der Waals surface area contributed by atoms with Crippen molar-refractivity contribution in [1.29, 1.82) is 0 Å². The summed E-state index contributed by atoms with van der Waals surface area (Å²) in [6, 6.07) is 10.6. The van der Waals surface area contributed by atoms with Crippen molar-refractivity contribution in [1.82, 2.24) is 5.32 Å². The lowest BCUT2D eigenvalue weighted by atomic mass is 10.2. The molecule has 0 aromatic heterocycles. The van der Waals surface area contributed by atoms with Crippen LogP contribution in [0, 0.1) is 0 Å². The largest absolute Gasteiger partial charge is 0.454 e. The number of nitrogens with one attached hydrogen (secondary N) is 2. The maximum atomic E-state index is 11.9. The van der Waals surface area contributed by atoms with Crippen LogP contribution < -0.4 is 20.1 Å². The minimum absolute atomic E-state index is 0.126. The van der Waals surface area contributed by atoms with Crippen molar-refractivity contribution in [2.75, 3.05) is 18.7 Å². The van der Waals surface area contributed by atoms with Crippen molar-refractivity contribution in [3.05, 3.63) is 52.0 Å². The van der Waals surface area contributed by atoms with Gasteiger partial charge in [0.2, 0.25) is 12.7 Å². The Hall–Kier alpha value is -2.11. The van der Waals surface area contributed by atoms with Gasteiger partial charge in [-0.05, 0) is 35.9 Å². The fourth-order valence-corrected chi connectivity index (χ4v) is 2.68. The molecule has 0 fully saturated rings. The third-order valence-corrected chi connectivity index (χ3v) is 3.68. The summed E-state index contributed by atoms with van der Waals surface area (Å²) in [5.74, 6) is 1.28. The molecule has 0 saturated carbocycles. The number of ether oxygens (including phenoxy) is 2. The molecule has 3 rings (SSSR count). The van der Waals surface area contributed by atoms with Crippen LogP contribution in [0.15, 0.2) is 36.4 Å². The Labute approximate surface area is 143 Å². The molecule has 7 heteroatoms. The highest BCUT2D eigenvalue weighted by Gasteiger charge is 2.13. The fraction of sp³-hybridized carbons (Fsp3) is 0.188. The smallest absolute Gasteiger partial charge is 0.239 e. The van der Waals surface area contributed by atoms with Gasteiger partial charge in [-0.25, -0.2) is 0 Å². The van der Waals surface area contributed by atoms with Crippen LogP contribution in [-0.2, 0) is 11.3 Å². The normalized spacial score (nSPS) is 12.1. The van der Waals surface area contributed by atoms with Crippen LogP contribution in [0.25, 0.3) is 0 Å². The number of anilines is 1. The third kappa shape index (κ3) is 4.21. The second kappa shape index (κ2) is 6.98. The van der Waals surface area contributed by atoms with Gasteiger partial charge >= 0.3 is 0 Å². The zero-order valence-corrected chi connectivity index (χ0v) is 13.6. The lowest BCUT2D eigenvalue weighted by molar-refractivity contribution is -0.119. The standard InChI is InChI=1S/C16H14Cl2N2O3/c17-11-4-12(18)6-13(5-11)19-8-16(21)20-7-10-1-2-14-15(3-10)23-9-22-14/h1-6,19H,7-9H2,(H,20,21). The van der Waals surface area contributed by atoms with Crippen LogP contribution in [0.3, 0.4) is 0 Å². The number of amides is 1. The molecule has 23 heavy (non-hydrogen) atoms. The van der Waals surface area contributed by atoms with Crippen LogP contribution in [0.2, 0.25) is 10.0 Å². The van der Waals surface area contributed by atoms with E-state index in [0.29, 0.717) is 28.0 Å². The molecule has 120 valence electrons. The highest BCUT2D eigenvalue weighted by atomic mass is 35.5. The number of halogens is 2. The minimum Gasteiger partial charge on any atom is -0.454 e. The van der Waals surface area contributed by atoms with Crippen LogP contribution in [0.5, 0.6) is 11.5 Å². The molecule has 0 bridgehead atoms. The molecule has 2 aromatic carbocycles. The molecule has 2 N–H and O–H groups in total. The second-order valence-corrected chi connectivity index (χ2v) is 5.85. The first-order chi connectivity index (χ1) is 11.1. The van der Waals surface area contributed by atoms with E-state index in [4.69, 9.17) is 32.7 Å². The molecule has 0 aliphatic carbocycles. The Bertz CT molecular complexity index is 717. The SMILES string of the molecule is O=C(CNc1cc(Cl)cc(Cl)c1)NCc1ccc2c(c1)OCO2. The minimum atomic E-state index is -0.140. The molecule has 1 amide bonds. The van der Waals surface area contributed by atoms with E-state index in [2.05, 4.69) is 10.6 Å². The fourth-order valence-electron chi connectivity index (χ4n) is 2.15. The predicted octanol–water partition coefficient (Wildman–Crippen LogP) is 3.45. The monoisotopic (exact) mass is 352 g/mol. The van der Waals surface area contributed by atoms with E-state index in [0.717, 1.165) is 11.3 Å². The Morgan fingerprint density at radius 1 is 1.04 bits per heavy atom. The Morgan fingerprint density at radius 3 is 2.57 bits per heavy atom. The average Bonchev–Trinajstić information content (AvgIpc) is 2.97. The molecule has 0 spiro atoms. The van der Waals surface area contributed by atoms with E-state index in [-0.39, 0.29) is 19.2 Å². The highest BCUT2D eigenvalue weighted by Crippen LogP contribution is 2.32. The maximum absolute atomic E-state index is 11.9. The zero-order valence-electron chi connectivity index (χ0n) is 12.1. The van der Waals surface area contributed by atoms with Gasteiger partial charge in [0.1, 0.15) is 0 Å². The molecule has 0 saturated heterocycles. The molecule has 0 atom stereocenters.